The Kier molecular flexibility index (Phi) is 6.85. The van der Waals surface area contributed by atoms with Crippen molar-refractivity contribution in [2.75, 3.05) is 18.9 Å². The largest absolute Gasteiger partial charge is 0.376 e. The summed E-state index contributed by atoms with van der Waals surface area (Å²) >= 11 is 2.98. The van der Waals surface area contributed by atoms with E-state index in [0.717, 1.165) is 65.9 Å². The summed E-state index contributed by atoms with van der Waals surface area (Å²) in [6.45, 7) is 8.36. The quantitative estimate of drug-likeness (QED) is 0.493. The summed E-state index contributed by atoms with van der Waals surface area (Å²) in [6.07, 6.45) is 6.18. The third-order valence-electron chi connectivity index (χ3n) is 6.29. The molecule has 2 unspecified atom stereocenters. The number of fused-ring (bicyclic) bond motifs is 1. The van der Waals surface area contributed by atoms with Gasteiger partial charge in [0.25, 0.3) is 5.56 Å². The van der Waals surface area contributed by atoms with Gasteiger partial charge in [0.1, 0.15) is 4.83 Å². The zero-order valence-electron chi connectivity index (χ0n) is 18.1. The van der Waals surface area contributed by atoms with Crippen LogP contribution in [0.15, 0.2) is 9.95 Å². The van der Waals surface area contributed by atoms with Crippen LogP contribution < -0.4 is 5.56 Å². The molecule has 6 nitrogen and oxygen atoms in total. The molecule has 0 bridgehead atoms. The van der Waals surface area contributed by atoms with Gasteiger partial charge >= 0.3 is 0 Å². The highest BCUT2D eigenvalue weighted by Crippen LogP contribution is 2.30. The van der Waals surface area contributed by atoms with Crippen LogP contribution >= 0.6 is 23.1 Å². The third kappa shape index (κ3) is 4.32. The van der Waals surface area contributed by atoms with Crippen LogP contribution in [0.5, 0.6) is 0 Å². The van der Waals surface area contributed by atoms with Crippen molar-refractivity contribution >= 4 is 39.2 Å². The van der Waals surface area contributed by atoms with Gasteiger partial charge in [-0.1, -0.05) is 18.7 Å². The summed E-state index contributed by atoms with van der Waals surface area (Å²) in [4.78, 5) is 35.1. The number of carbonyl (C=O) groups is 1. The monoisotopic (exact) mass is 449 g/mol. The number of thiophene rings is 1. The van der Waals surface area contributed by atoms with Gasteiger partial charge in [0.15, 0.2) is 5.16 Å². The second-order valence-electron chi connectivity index (χ2n) is 8.34. The lowest BCUT2D eigenvalue weighted by Gasteiger charge is -2.33. The van der Waals surface area contributed by atoms with E-state index >= 15 is 0 Å². The molecule has 2 fully saturated rings. The average Bonchev–Trinajstić information content (AvgIpc) is 3.35. The molecule has 0 saturated carbocycles. The highest BCUT2D eigenvalue weighted by molar-refractivity contribution is 7.99. The number of aryl methyl sites for hydroxylation is 2. The van der Waals surface area contributed by atoms with Gasteiger partial charge in [-0.25, -0.2) is 4.98 Å². The van der Waals surface area contributed by atoms with E-state index in [1.807, 2.05) is 4.90 Å². The molecule has 2 aliphatic heterocycles. The zero-order valence-corrected chi connectivity index (χ0v) is 19.7. The Balaban J connectivity index is 1.64. The minimum atomic E-state index is 0.0120. The van der Waals surface area contributed by atoms with Gasteiger partial charge in [0.2, 0.25) is 5.91 Å². The van der Waals surface area contributed by atoms with Crippen molar-refractivity contribution in [3.05, 3.63) is 20.8 Å². The number of carbonyl (C=O) groups excluding carboxylic acids is 1. The smallest absolute Gasteiger partial charge is 0.263 e. The third-order valence-corrected chi connectivity index (χ3v) is 8.29. The summed E-state index contributed by atoms with van der Waals surface area (Å²) in [7, 11) is 0. The summed E-state index contributed by atoms with van der Waals surface area (Å²) < 4.78 is 7.57. The molecule has 2 saturated heterocycles. The summed E-state index contributed by atoms with van der Waals surface area (Å²) in [6, 6.07) is 0.295. The molecular formula is C22H31N3O3S2. The highest BCUT2D eigenvalue weighted by atomic mass is 32.2. The predicted octanol–water partition coefficient (Wildman–Crippen LogP) is 4.00. The summed E-state index contributed by atoms with van der Waals surface area (Å²) in [5.74, 6) is 0.459. The average molecular weight is 450 g/mol. The van der Waals surface area contributed by atoms with Gasteiger partial charge in [0.05, 0.1) is 23.8 Å². The van der Waals surface area contributed by atoms with Crippen LogP contribution in [-0.2, 0) is 22.5 Å². The lowest BCUT2D eigenvalue weighted by molar-refractivity contribution is -0.131. The second kappa shape index (κ2) is 9.40. The molecule has 4 heterocycles. The van der Waals surface area contributed by atoms with Gasteiger partial charge in [-0.2, -0.15) is 0 Å². The van der Waals surface area contributed by atoms with Gasteiger partial charge in [-0.15, -0.1) is 11.3 Å². The van der Waals surface area contributed by atoms with Crippen LogP contribution in [0.2, 0.25) is 0 Å². The van der Waals surface area contributed by atoms with E-state index in [1.165, 1.54) is 18.2 Å². The van der Waals surface area contributed by atoms with Gasteiger partial charge in [-0.3, -0.25) is 14.2 Å². The number of likely N-dealkylation sites (tertiary alicyclic amines) is 1. The number of piperidine rings is 1. The number of hydrogen-bond donors (Lipinski definition) is 0. The van der Waals surface area contributed by atoms with E-state index in [2.05, 4.69) is 20.8 Å². The number of aromatic nitrogens is 2. The van der Waals surface area contributed by atoms with Gasteiger partial charge < -0.3 is 9.64 Å². The standard InChI is InChI=1S/C22H31N3O3S2/c1-4-17-15(3)30-20-19(17)21(27)25(12-16-9-7-11-28-16)22(23-20)29-13-18(26)24-10-6-5-8-14(24)2/h14,16H,4-13H2,1-3H3. The van der Waals surface area contributed by atoms with E-state index in [1.54, 1.807) is 15.9 Å². The number of thioether (sulfide) groups is 1. The first-order valence-electron chi connectivity index (χ1n) is 11.1. The van der Waals surface area contributed by atoms with E-state index in [9.17, 15) is 9.59 Å². The Morgan fingerprint density at radius 3 is 2.83 bits per heavy atom. The van der Waals surface area contributed by atoms with Crippen molar-refractivity contribution in [3.63, 3.8) is 0 Å². The molecule has 30 heavy (non-hydrogen) atoms. The Morgan fingerprint density at radius 1 is 1.30 bits per heavy atom. The van der Waals surface area contributed by atoms with Gasteiger partial charge in [-0.05, 0) is 57.9 Å². The van der Waals surface area contributed by atoms with Gasteiger partial charge in [0, 0.05) is 24.1 Å². The number of nitrogens with zero attached hydrogens (tertiary/aromatic N) is 3. The predicted molar refractivity (Wildman–Crippen MR) is 123 cm³/mol. The fourth-order valence-corrected chi connectivity index (χ4v) is 6.65. The zero-order chi connectivity index (χ0) is 21.3. The van der Waals surface area contributed by atoms with Crippen molar-refractivity contribution < 1.29 is 9.53 Å². The molecule has 2 atom stereocenters. The summed E-state index contributed by atoms with van der Waals surface area (Å²) in [5, 5.41) is 1.39. The number of rotatable bonds is 6. The lowest BCUT2D eigenvalue weighted by Crippen LogP contribution is -2.43. The Morgan fingerprint density at radius 2 is 2.13 bits per heavy atom. The van der Waals surface area contributed by atoms with E-state index in [4.69, 9.17) is 9.72 Å². The molecular weight excluding hydrogens is 418 g/mol. The van der Waals surface area contributed by atoms with E-state index in [-0.39, 0.29) is 17.6 Å². The fraction of sp³-hybridized carbons (Fsp3) is 0.682. The molecule has 2 aromatic rings. The van der Waals surface area contributed by atoms with Crippen molar-refractivity contribution in [3.8, 4) is 0 Å². The normalized spacial score (nSPS) is 22.2. The molecule has 2 aliphatic rings. The highest BCUT2D eigenvalue weighted by Gasteiger charge is 2.26. The van der Waals surface area contributed by atoms with Crippen molar-refractivity contribution in [1.82, 2.24) is 14.5 Å². The topological polar surface area (TPSA) is 64.4 Å². The van der Waals surface area contributed by atoms with E-state index < -0.39 is 0 Å². The van der Waals surface area contributed by atoms with Crippen LogP contribution in [0.4, 0.5) is 0 Å². The molecule has 0 spiro atoms. The van der Waals surface area contributed by atoms with Crippen LogP contribution in [0.25, 0.3) is 10.2 Å². The maximum Gasteiger partial charge on any atom is 0.263 e. The second-order valence-corrected chi connectivity index (χ2v) is 10.5. The maximum atomic E-state index is 13.5. The Labute approximate surface area is 186 Å². The number of ether oxygens (including phenoxy) is 1. The maximum absolute atomic E-state index is 13.5. The minimum absolute atomic E-state index is 0.0120. The first-order valence-corrected chi connectivity index (χ1v) is 12.9. The molecule has 2 aromatic heterocycles. The molecule has 0 aromatic carbocycles. The van der Waals surface area contributed by atoms with Crippen molar-refractivity contribution in [2.45, 2.75) is 83.1 Å². The van der Waals surface area contributed by atoms with Crippen LogP contribution in [0, 0.1) is 6.92 Å². The number of hydrogen-bond acceptors (Lipinski definition) is 6. The molecule has 4 rings (SSSR count). The molecule has 164 valence electrons. The summed E-state index contributed by atoms with van der Waals surface area (Å²) in [5.41, 5.74) is 1.11. The Bertz CT molecular complexity index is 978. The molecule has 0 radical (unpaired) electrons. The fourth-order valence-electron chi connectivity index (χ4n) is 4.60. The van der Waals surface area contributed by atoms with Crippen LogP contribution in [-0.4, -0.2) is 51.4 Å². The molecule has 1 amide bonds. The first-order chi connectivity index (χ1) is 14.5. The van der Waals surface area contributed by atoms with E-state index in [0.29, 0.717) is 23.5 Å². The molecule has 0 N–H and O–H groups in total. The molecule has 8 heteroatoms. The minimum Gasteiger partial charge on any atom is -0.376 e. The lowest BCUT2D eigenvalue weighted by atomic mass is 10.0. The number of amides is 1. The molecule has 0 aliphatic carbocycles. The van der Waals surface area contributed by atoms with Crippen molar-refractivity contribution in [2.24, 2.45) is 0 Å². The first kappa shape index (κ1) is 21.8. The SMILES string of the molecule is CCc1c(C)sc2nc(SCC(=O)N3CCCCC3C)n(CC3CCCO3)c(=O)c12. The van der Waals surface area contributed by atoms with Crippen LogP contribution in [0.1, 0.15) is 56.4 Å². The van der Waals surface area contributed by atoms with Crippen molar-refractivity contribution in [1.29, 1.82) is 0 Å². The Hall–Kier alpha value is -1.38. The van der Waals surface area contributed by atoms with Crippen LogP contribution in [0.3, 0.4) is 0 Å².